The summed E-state index contributed by atoms with van der Waals surface area (Å²) in [7, 11) is -3.77. The van der Waals surface area contributed by atoms with Gasteiger partial charge in [0.1, 0.15) is 4.90 Å². The number of hydrogen-bond acceptors (Lipinski definition) is 3. The molecule has 0 amide bonds. The summed E-state index contributed by atoms with van der Waals surface area (Å²) < 4.78 is 26.0. The molecule has 0 aliphatic carbocycles. The van der Waals surface area contributed by atoms with Crippen molar-refractivity contribution in [3.63, 3.8) is 0 Å². The summed E-state index contributed by atoms with van der Waals surface area (Å²) >= 11 is 0. The van der Waals surface area contributed by atoms with E-state index >= 15 is 0 Å². The first kappa shape index (κ1) is 11.6. The van der Waals surface area contributed by atoms with Crippen molar-refractivity contribution in [1.82, 2.24) is 14.7 Å². The Labute approximate surface area is 97.8 Å². The molecule has 0 aromatic carbocycles. The monoisotopic (exact) mass is 253 g/mol. The summed E-state index contributed by atoms with van der Waals surface area (Å²) in [5.74, 6) is 0. The minimum Gasteiger partial charge on any atom is -0.367 e. The van der Waals surface area contributed by atoms with Crippen molar-refractivity contribution in [3.8, 4) is 0 Å². The summed E-state index contributed by atoms with van der Waals surface area (Å²) in [5.41, 5.74) is 0.162. The van der Waals surface area contributed by atoms with Crippen LogP contribution in [0.15, 0.2) is 46.5 Å². The van der Waals surface area contributed by atoms with E-state index in [0.717, 1.165) is 5.56 Å². The Balaban J connectivity index is 2.20. The predicted octanol–water partition coefficient (Wildman–Crippen LogP) is 0.181. The molecule has 0 aliphatic rings. The highest BCUT2D eigenvalue weighted by Gasteiger charge is 2.17. The highest BCUT2D eigenvalue weighted by atomic mass is 32.2. The predicted molar refractivity (Wildman–Crippen MR) is 61.9 cm³/mol. The lowest BCUT2D eigenvalue weighted by Gasteiger charge is -2.04. The van der Waals surface area contributed by atoms with E-state index in [-0.39, 0.29) is 11.4 Å². The highest BCUT2D eigenvalue weighted by molar-refractivity contribution is 7.89. The van der Waals surface area contributed by atoms with Gasteiger partial charge in [0.2, 0.25) is 10.0 Å². The van der Waals surface area contributed by atoms with Crippen LogP contribution in [0.1, 0.15) is 5.56 Å². The maximum absolute atomic E-state index is 11.8. The SMILES string of the molecule is O=c1[nH]cccc1S(=O)(=O)NCc1cc[nH]c1. The molecule has 0 aliphatic heterocycles. The normalized spacial score (nSPS) is 11.5. The van der Waals surface area contributed by atoms with E-state index in [1.807, 2.05) is 0 Å². The number of nitrogens with one attached hydrogen (secondary N) is 3. The van der Waals surface area contributed by atoms with Crippen LogP contribution in [-0.4, -0.2) is 18.4 Å². The van der Waals surface area contributed by atoms with Crippen molar-refractivity contribution in [2.24, 2.45) is 0 Å². The number of aromatic amines is 2. The van der Waals surface area contributed by atoms with Gasteiger partial charge in [0.25, 0.3) is 5.56 Å². The summed E-state index contributed by atoms with van der Waals surface area (Å²) in [6, 6.07) is 4.47. The average Bonchev–Trinajstić information content (AvgIpc) is 2.80. The fraction of sp³-hybridized carbons (Fsp3) is 0.100. The van der Waals surface area contributed by atoms with Crippen LogP contribution in [0.4, 0.5) is 0 Å². The van der Waals surface area contributed by atoms with Gasteiger partial charge in [-0.25, -0.2) is 13.1 Å². The third kappa shape index (κ3) is 2.63. The summed E-state index contributed by atoms with van der Waals surface area (Å²) in [5, 5.41) is 0. The van der Waals surface area contributed by atoms with Gasteiger partial charge in [0.15, 0.2) is 0 Å². The molecule has 0 radical (unpaired) electrons. The van der Waals surface area contributed by atoms with E-state index in [9.17, 15) is 13.2 Å². The van der Waals surface area contributed by atoms with E-state index in [1.165, 1.54) is 18.3 Å². The zero-order valence-electron chi connectivity index (χ0n) is 8.80. The number of aromatic nitrogens is 2. The Morgan fingerprint density at radius 3 is 2.71 bits per heavy atom. The third-order valence-electron chi connectivity index (χ3n) is 2.20. The van der Waals surface area contributed by atoms with Gasteiger partial charge in [-0.05, 0) is 23.8 Å². The van der Waals surface area contributed by atoms with Gasteiger partial charge in [0, 0.05) is 25.1 Å². The van der Waals surface area contributed by atoms with Gasteiger partial charge < -0.3 is 9.97 Å². The molecule has 0 bridgehead atoms. The molecule has 7 heteroatoms. The largest absolute Gasteiger partial charge is 0.367 e. The van der Waals surface area contributed by atoms with Gasteiger partial charge in [-0.3, -0.25) is 4.79 Å². The van der Waals surface area contributed by atoms with Crippen LogP contribution in [0.5, 0.6) is 0 Å². The summed E-state index contributed by atoms with van der Waals surface area (Å²) in [6.07, 6.45) is 4.75. The molecule has 6 nitrogen and oxygen atoms in total. The number of hydrogen-bond donors (Lipinski definition) is 3. The Morgan fingerprint density at radius 2 is 2.06 bits per heavy atom. The van der Waals surface area contributed by atoms with Crippen LogP contribution in [0.25, 0.3) is 0 Å². The molecule has 0 spiro atoms. The number of rotatable bonds is 4. The van der Waals surface area contributed by atoms with Crippen LogP contribution >= 0.6 is 0 Å². The fourth-order valence-corrected chi connectivity index (χ4v) is 2.42. The van der Waals surface area contributed by atoms with Crippen LogP contribution in [0.2, 0.25) is 0 Å². The molecule has 0 atom stereocenters. The van der Waals surface area contributed by atoms with Crippen molar-refractivity contribution in [2.45, 2.75) is 11.4 Å². The first-order chi connectivity index (χ1) is 8.09. The topological polar surface area (TPSA) is 94.8 Å². The van der Waals surface area contributed by atoms with Crippen molar-refractivity contribution in [2.75, 3.05) is 0 Å². The lowest BCUT2D eigenvalue weighted by Crippen LogP contribution is -2.28. The highest BCUT2D eigenvalue weighted by Crippen LogP contribution is 2.03. The molecule has 2 heterocycles. The lowest BCUT2D eigenvalue weighted by atomic mass is 10.4. The van der Waals surface area contributed by atoms with Crippen LogP contribution in [-0.2, 0) is 16.6 Å². The van der Waals surface area contributed by atoms with Crippen molar-refractivity contribution in [3.05, 3.63) is 52.7 Å². The van der Waals surface area contributed by atoms with E-state index in [0.29, 0.717) is 0 Å². The Kier molecular flexibility index (Phi) is 3.12. The quantitative estimate of drug-likeness (QED) is 0.725. The second-order valence-corrected chi connectivity index (χ2v) is 5.14. The maximum atomic E-state index is 11.8. The molecule has 2 rings (SSSR count). The molecule has 2 aromatic rings. The van der Waals surface area contributed by atoms with Gasteiger partial charge >= 0.3 is 0 Å². The van der Waals surface area contributed by atoms with Crippen molar-refractivity contribution in [1.29, 1.82) is 0 Å². The molecule has 17 heavy (non-hydrogen) atoms. The molecule has 0 fully saturated rings. The molecule has 3 N–H and O–H groups in total. The Bertz CT molecular complexity index is 643. The maximum Gasteiger partial charge on any atom is 0.268 e. The van der Waals surface area contributed by atoms with Gasteiger partial charge in [-0.1, -0.05) is 0 Å². The van der Waals surface area contributed by atoms with E-state index in [1.54, 1.807) is 18.5 Å². The first-order valence-corrected chi connectivity index (χ1v) is 6.37. The summed E-state index contributed by atoms with van der Waals surface area (Å²) in [6.45, 7) is 0.139. The number of sulfonamides is 1. The smallest absolute Gasteiger partial charge is 0.268 e. The molecule has 0 saturated carbocycles. The number of H-pyrrole nitrogens is 2. The zero-order chi connectivity index (χ0) is 12.3. The number of pyridine rings is 1. The average molecular weight is 253 g/mol. The zero-order valence-corrected chi connectivity index (χ0v) is 9.62. The van der Waals surface area contributed by atoms with E-state index in [2.05, 4.69) is 14.7 Å². The molecular weight excluding hydrogens is 242 g/mol. The molecular formula is C10H11N3O3S. The molecule has 0 saturated heterocycles. The Morgan fingerprint density at radius 1 is 1.24 bits per heavy atom. The van der Waals surface area contributed by atoms with Gasteiger partial charge in [-0.15, -0.1) is 0 Å². The minimum atomic E-state index is -3.77. The second-order valence-electron chi connectivity index (χ2n) is 3.41. The van der Waals surface area contributed by atoms with Crippen molar-refractivity contribution < 1.29 is 8.42 Å². The second kappa shape index (κ2) is 4.56. The van der Waals surface area contributed by atoms with Crippen LogP contribution < -0.4 is 10.3 Å². The third-order valence-corrected chi connectivity index (χ3v) is 3.63. The minimum absolute atomic E-state index is 0.139. The van der Waals surface area contributed by atoms with E-state index < -0.39 is 15.6 Å². The van der Waals surface area contributed by atoms with Crippen LogP contribution in [0, 0.1) is 0 Å². The van der Waals surface area contributed by atoms with Gasteiger partial charge in [-0.2, -0.15) is 0 Å². The summed E-state index contributed by atoms with van der Waals surface area (Å²) in [4.78, 5) is 16.2. The standard InChI is InChI=1S/C10H11N3O3S/c14-10-9(2-1-4-12-10)17(15,16)13-7-8-3-5-11-6-8/h1-6,11,13H,7H2,(H,12,14). The molecule has 2 aromatic heterocycles. The van der Waals surface area contributed by atoms with E-state index in [4.69, 9.17) is 0 Å². The van der Waals surface area contributed by atoms with Crippen LogP contribution in [0.3, 0.4) is 0 Å². The van der Waals surface area contributed by atoms with Gasteiger partial charge in [0.05, 0.1) is 0 Å². The molecule has 0 unspecified atom stereocenters. The molecule has 90 valence electrons. The fourth-order valence-electron chi connectivity index (χ4n) is 1.34. The first-order valence-electron chi connectivity index (χ1n) is 4.88. The Hall–Kier alpha value is -1.86. The lowest BCUT2D eigenvalue weighted by molar-refractivity contribution is 0.580. The van der Waals surface area contributed by atoms with Crippen molar-refractivity contribution >= 4 is 10.0 Å².